The maximum absolute atomic E-state index is 12.9. The van der Waals surface area contributed by atoms with Crippen LogP contribution in [0.5, 0.6) is 5.75 Å². The first-order valence-corrected chi connectivity index (χ1v) is 7.78. The molecule has 0 saturated carbocycles. The van der Waals surface area contributed by atoms with E-state index >= 15 is 0 Å². The van der Waals surface area contributed by atoms with Crippen LogP contribution in [0, 0.1) is 12.7 Å². The van der Waals surface area contributed by atoms with Crippen LogP contribution in [-0.4, -0.2) is 12.0 Å². The van der Waals surface area contributed by atoms with Crippen LogP contribution >= 0.6 is 0 Å². The fraction of sp³-hybridized carbons (Fsp3) is 0.316. The number of rotatable bonds is 6. The summed E-state index contributed by atoms with van der Waals surface area (Å²) in [7, 11) is 0. The van der Waals surface area contributed by atoms with Crippen molar-refractivity contribution in [2.75, 3.05) is 0 Å². The highest BCUT2D eigenvalue weighted by atomic mass is 19.1. The lowest BCUT2D eigenvalue weighted by molar-refractivity contribution is -0.128. The van der Waals surface area contributed by atoms with E-state index in [-0.39, 0.29) is 17.8 Å². The zero-order valence-corrected chi connectivity index (χ0v) is 13.7. The van der Waals surface area contributed by atoms with Crippen molar-refractivity contribution < 1.29 is 13.9 Å². The highest BCUT2D eigenvalue weighted by Gasteiger charge is 2.20. The van der Waals surface area contributed by atoms with Gasteiger partial charge < -0.3 is 10.1 Å². The van der Waals surface area contributed by atoms with Crippen molar-refractivity contribution in [1.29, 1.82) is 0 Å². The minimum atomic E-state index is -0.603. The van der Waals surface area contributed by atoms with Crippen LogP contribution in [-0.2, 0) is 4.79 Å². The number of hydrogen-bond acceptors (Lipinski definition) is 2. The summed E-state index contributed by atoms with van der Waals surface area (Å²) in [5.41, 5.74) is 2.22. The number of carbonyl (C=O) groups excluding carboxylic acids is 1. The van der Waals surface area contributed by atoms with Crippen molar-refractivity contribution in [3.05, 3.63) is 65.5 Å². The standard InChI is InChI=1S/C19H22FNO2/c1-4-18(23-17-11-9-16(20)10-12-17)19(22)21-14(3)15-7-5-13(2)6-8-15/h5-12,14,18H,4H2,1-3H3,(H,21,22)/t14-,18-/m0/s1. The fourth-order valence-corrected chi connectivity index (χ4v) is 2.24. The molecular weight excluding hydrogens is 293 g/mol. The number of nitrogens with one attached hydrogen (secondary N) is 1. The highest BCUT2D eigenvalue weighted by Crippen LogP contribution is 2.17. The molecule has 2 aromatic carbocycles. The topological polar surface area (TPSA) is 38.3 Å². The fourth-order valence-electron chi connectivity index (χ4n) is 2.24. The monoisotopic (exact) mass is 315 g/mol. The Labute approximate surface area is 136 Å². The van der Waals surface area contributed by atoms with Crippen molar-refractivity contribution in [2.24, 2.45) is 0 Å². The number of hydrogen-bond donors (Lipinski definition) is 1. The van der Waals surface area contributed by atoms with Gasteiger partial charge in [0.1, 0.15) is 11.6 Å². The van der Waals surface area contributed by atoms with Crippen LogP contribution in [0.2, 0.25) is 0 Å². The van der Waals surface area contributed by atoms with Crippen LogP contribution in [0.3, 0.4) is 0 Å². The van der Waals surface area contributed by atoms with Gasteiger partial charge in [-0.05, 0) is 50.1 Å². The van der Waals surface area contributed by atoms with E-state index in [1.54, 1.807) is 0 Å². The van der Waals surface area contributed by atoms with E-state index in [9.17, 15) is 9.18 Å². The van der Waals surface area contributed by atoms with Gasteiger partial charge >= 0.3 is 0 Å². The van der Waals surface area contributed by atoms with Crippen molar-refractivity contribution in [3.8, 4) is 5.75 Å². The molecule has 0 fully saturated rings. The lowest BCUT2D eigenvalue weighted by Gasteiger charge is -2.21. The summed E-state index contributed by atoms with van der Waals surface area (Å²) in [4.78, 5) is 12.4. The van der Waals surface area contributed by atoms with Crippen molar-refractivity contribution >= 4 is 5.91 Å². The predicted octanol–water partition coefficient (Wildman–Crippen LogP) is 4.17. The number of aryl methyl sites for hydroxylation is 1. The molecule has 0 spiro atoms. The summed E-state index contributed by atoms with van der Waals surface area (Å²) in [6, 6.07) is 13.6. The molecular formula is C19H22FNO2. The van der Waals surface area contributed by atoms with Gasteiger partial charge in [-0.2, -0.15) is 0 Å². The van der Waals surface area contributed by atoms with Gasteiger partial charge in [0.15, 0.2) is 6.10 Å². The van der Waals surface area contributed by atoms with Gasteiger partial charge in [0.2, 0.25) is 0 Å². The third-order valence-electron chi connectivity index (χ3n) is 3.69. The minimum absolute atomic E-state index is 0.103. The molecule has 0 bridgehead atoms. The average molecular weight is 315 g/mol. The van der Waals surface area contributed by atoms with E-state index in [0.29, 0.717) is 12.2 Å². The molecule has 2 aromatic rings. The summed E-state index contributed by atoms with van der Waals surface area (Å²) in [5.74, 6) is -0.0240. The highest BCUT2D eigenvalue weighted by molar-refractivity contribution is 5.81. The van der Waals surface area contributed by atoms with E-state index < -0.39 is 6.10 Å². The van der Waals surface area contributed by atoms with Gasteiger partial charge in [0, 0.05) is 0 Å². The molecule has 4 heteroatoms. The Morgan fingerprint density at radius 3 is 2.30 bits per heavy atom. The van der Waals surface area contributed by atoms with E-state index in [4.69, 9.17) is 4.74 Å². The zero-order chi connectivity index (χ0) is 16.8. The maximum atomic E-state index is 12.9. The summed E-state index contributed by atoms with van der Waals surface area (Å²) < 4.78 is 18.6. The molecule has 3 nitrogen and oxygen atoms in total. The molecule has 0 aliphatic rings. The molecule has 0 saturated heterocycles. The Balaban J connectivity index is 1.99. The van der Waals surface area contributed by atoms with Gasteiger partial charge in [-0.1, -0.05) is 36.8 Å². The minimum Gasteiger partial charge on any atom is -0.481 e. The van der Waals surface area contributed by atoms with E-state index in [0.717, 1.165) is 5.56 Å². The second kappa shape index (κ2) is 7.77. The lowest BCUT2D eigenvalue weighted by atomic mass is 10.1. The average Bonchev–Trinajstić information content (AvgIpc) is 2.54. The van der Waals surface area contributed by atoms with Gasteiger partial charge in [-0.25, -0.2) is 4.39 Å². The maximum Gasteiger partial charge on any atom is 0.261 e. The number of carbonyl (C=O) groups is 1. The largest absolute Gasteiger partial charge is 0.481 e. The van der Waals surface area contributed by atoms with Gasteiger partial charge in [0.25, 0.3) is 5.91 Å². The molecule has 0 heterocycles. The quantitative estimate of drug-likeness (QED) is 0.869. The SMILES string of the molecule is CC[C@H](Oc1ccc(F)cc1)C(=O)N[C@@H](C)c1ccc(C)cc1. The number of halogens is 1. The summed E-state index contributed by atoms with van der Waals surface area (Å²) in [5, 5.41) is 2.96. The molecule has 122 valence electrons. The Morgan fingerprint density at radius 2 is 1.74 bits per heavy atom. The second-order valence-corrected chi connectivity index (χ2v) is 5.61. The second-order valence-electron chi connectivity index (χ2n) is 5.61. The third-order valence-corrected chi connectivity index (χ3v) is 3.69. The van der Waals surface area contributed by atoms with E-state index in [1.807, 2.05) is 45.0 Å². The van der Waals surface area contributed by atoms with Crippen LogP contribution in [0.15, 0.2) is 48.5 Å². The Kier molecular flexibility index (Phi) is 5.74. The zero-order valence-electron chi connectivity index (χ0n) is 13.7. The first kappa shape index (κ1) is 17.0. The Bertz CT molecular complexity index is 637. The molecule has 0 aromatic heterocycles. The number of ether oxygens (including phenoxy) is 1. The Hall–Kier alpha value is -2.36. The van der Waals surface area contributed by atoms with E-state index in [1.165, 1.54) is 29.8 Å². The van der Waals surface area contributed by atoms with Crippen molar-refractivity contribution in [3.63, 3.8) is 0 Å². The molecule has 1 N–H and O–H groups in total. The van der Waals surface area contributed by atoms with Gasteiger partial charge in [0.05, 0.1) is 6.04 Å². The van der Waals surface area contributed by atoms with Crippen LogP contribution in [0.1, 0.15) is 37.4 Å². The summed E-state index contributed by atoms with van der Waals surface area (Å²) in [6.45, 7) is 5.84. The molecule has 0 radical (unpaired) electrons. The first-order valence-electron chi connectivity index (χ1n) is 7.78. The summed E-state index contributed by atoms with van der Waals surface area (Å²) in [6.07, 6.45) is -0.0718. The van der Waals surface area contributed by atoms with Crippen LogP contribution in [0.25, 0.3) is 0 Å². The molecule has 0 unspecified atom stereocenters. The normalized spacial score (nSPS) is 13.2. The van der Waals surface area contributed by atoms with Gasteiger partial charge in [-0.15, -0.1) is 0 Å². The molecule has 1 amide bonds. The van der Waals surface area contributed by atoms with Crippen molar-refractivity contribution in [1.82, 2.24) is 5.32 Å². The third kappa shape index (κ3) is 4.81. The smallest absolute Gasteiger partial charge is 0.261 e. The number of amides is 1. The molecule has 23 heavy (non-hydrogen) atoms. The Morgan fingerprint density at radius 1 is 1.13 bits per heavy atom. The summed E-state index contributed by atoms with van der Waals surface area (Å²) >= 11 is 0. The van der Waals surface area contributed by atoms with Crippen LogP contribution in [0.4, 0.5) is 4.39 Å². The van der Waals surface area contributed by atoms with E-state index in [2.05, 4.69) is 5.32 Å². The van der Waals surface area contributed by atoms with Crippen molar-refractivity contribution in [2.45, 2.75) is 39.3 Å². The molecule has 2 atom stereocenters. The first-order chi connectivity index (χ1) is 11.0. The molecule has 0 aliphatic carbocycles. The predicted molar refractivity (Wildman–Crippen MR) is 88.8 cm³/mol. The molecule has 0 aliphatic heterocycles. The number of benzene rings is 2. The van der Waals surface area contributed by atoms with Crippen LogP contribution < -0.4 is 10.1 Å². The van der Waals surface area contributed by atoms with Gasteiger partial charge in [-0.3, -0.25) is 4.79 Å². The molecule has 2 rings (SSSR count). The lowest BCUT2D eigenvalue weighted by Crippen LogP contribution is -2.39.